The van der Waals surface area contributed by atoms with Gasteiger partial charge in [0.05, 0.1) is 0 Å². The maximum absolute atomic E-state index is 6.67. The first kappa shape index (κ1) is 30.4. The maximum Gasteiger partial charge on any atom is 0.129 e. The Morgan fingerprint density at radius 1 is 0.707 bits per heavy atom. The normalized spacial score (nSPS) is 14.3. The molecule has 0 aromatic heterocycles. The number of nitrogen functional groups attached to an aromatic ring is 1. The third kappa shape index (κ3) is 6.53. The molecule has 1 unspecified atom stereocenters. The molecule has 0 heterocycles. The summed E-state index contributed by atoms with van der Waals surface area (Å²) in [4.78, 5) is 0. The number of hydrogen-bond acceptors (Lipinski definition) is 2. The van der Waals surface area contributed by atoms with Gasteiger partial charge in [0.1, 0.15) is 11.4 Å². The minimum atomic E-state index is -0.471. The average molecular weight is 548 g/mol. The van der Waals surface area contributed by atoms with E-state index in [1.165, 1.54) is 74.9 Å². The SMILES string of the molecule is CCC.Cc1cc(OC(C)(C)c2c(C)cc(-c3ccc(-c4ccc5c(c4)CC(C)C5)cc3N)cc2C)cc(C)c1C. The van der Waals surface area contributed by atoms with Gasteiger partial charge in [0.15, 0.2) is 0 Å². The topological polar surface area (TPSA) is 35.2 Å². The van der Waals surface area contributed by atoms with E-state index in [-0.39, 0.29) is 0 Å². The fraction of sp³-hybridized carbons (Fsp3) is 0.385. The van der Waals surface area contributed by atoms with E-state index in [0.717, 1.165) is 28.5 Å². The maximum atomic E-state index is 6.67. The number of benzene rings is 4. The molecule has 0 amide bonds. The van der Waals surface area contributed by atoms with Gasteiger partial charge >= 0.3 is 0 Å². The van der Waals surface area contributed by atoms with Crippen LogP contribution in [-0.4, -0.2) is 0 Å². The van der Waals surface area contributed by atoms with Gasteiger partial charge < -0.3 is 10.5 Å². The van der Waals surface area contributed by atoms with Crippen molar-refractivity contribution in [2.45, 2.75) is 94.1 Å². The van der Waals surface area contributed by atoms with Gasteiger partial charge in [-0.1, -0.05) is 69.7 Å². The summed E-state index contributed by atoms with van der Waals surface area (Å²) in [6.45, 7) is 21.7. The zero-order chi connectivity index (χ0) is 30.1. The molecule has 0 saturated carbocycles. The second-order valence-corrected chi connectivity index (χ2v) is 12.8. The largest absolute Gasteiger partial charge is 0.483 e. The summed E-state index contributed by atoms with van der Waals surface area (Å²) in [6.07, 6.45) is 3.61. The van der Waals surface area contributed by atoms with E-state index >= 15 is 0 Å². The van der Waals surface area contributed by atoms with Crippen molar-refractivity contribution in [2.75, 3.05) is 5.73 Å². The summed E-state index contributed by atoms with van der Waals surface area (Å²) in [5, 5.41) is 0. The van der Waals surface area contributed by atoms with Crippen molar-refractivity contribution in [3.05, 3.63) is 105 Å². The van der Waals surface area contributed by atoms with Crippen LogP contribution in [-0.2, 0) is 18.4 Å². The molecule has 216 valence electrons. The molecule has 4 aromatic carbocycles. The highest BCUT2D eigenvalue weighted by Crippen LogP contribution is 2.39. The van der Waals surface area contributed by atoms with Gasteiger partial charge in [-0.3, -0.25) is 0 Å². The summed E-state index contributed by atoms with van der Waals surface area (Å²) >= 11 is 0. The number of anilines is 1. The van der Waals surface area contributed by atoms with Gasteiger partial charge in [0.2, 0.25) is 0 Å². The van der Waals surface area contributed by atoms with Gasteiger partial charge in [-0.05, 0) is 141 Å². The standard InChI is InChI=1S/C36H41NO.C3H8/c1-21-13-27-9-10-28(19-30(27)14-21)29-11-12-33(34(37)20-29)31-15-24(4)35(25(5)16-31)36(7,8)38-32-17-22(2)26(6)23(3)18-32;1-3-2/h9-12,15-21H,13-14,37H2,1-8H3;3H2,1-2H3. The number of nitrogens with two attached hydrogens (primary N) is 1. The molecule has 0 fully saturated rings. The van der Waals surface area contributed by atoms with Crippen molar-refractivity contribution in [3.63, 3.8) is 0 Å². The highest BCUT2D eigenvalue weighted by atomic mass is 16.5. The molecule has 0 aliphatic heterocycles. The van der Waals surface area contributed by atoms with Crippen LogP contribution >= 0.6 is 0 Å². The highest BCUT2D eigenvalue weighted by molar-refractivity contribution is 5.82. The van der Waals surface area contributed by atoms with Gasteiger partial charge in [0.25, 0.3) is 0 Å². The molecular formula is C39H49NO. The molecule has 0 bridgehead atoms. The predicted molar refractivity (Wildman–Crippen MR) is 178 cm³/mol. The Balaban J connectivity index is 0.00000124. The van der Waals surface area contributed by atoms with Crippen LogP contribution < -0.4 is 10.5 Å². The molecule has 4 aromatic rings. The monoisotopic (exact) mass is 547 g/mol. The van der Waals surface area contributed by atoms with E-state index in [1.54, 1.807) is 0 Å². The first-order valence-corrected chi connectivity index (χ1v) is 15.2. The summed E-state index contributed by atoms with van der Waals surface area (Å²) in [5.74, 6) is 1.65. The average Bonchev–Trinajstić information content (AvgIpc) is 3.26. The lowest BCUT2D eigenvalue weighted by atomic mass is 9.86. The Morgan fingerprint density at radius 2 is 1.24 bits per heavy atom. The first-order valence-electron chi connectivity index (χ1n) is 15.2. The number of hydrogen-bond donors (Lipinski definition) is 1. The van der Waals surface area contributed by atoms with E-state index in [2.05, 4.69) is 130 Å². The van der Waals surface area contributed by atoms with E-state index < -0.39 is 5.60 Å². The molecule has 1 aliphatic rings. The fourth-order valence-electron chi connectivity index (χ4n) is 6.49. The van der Waals surface area contributed by atoms with Crippen LogP contribution in [0.5, 0.6) is 5.75 Å². The minimum absolute atomic E-state index is 0.471. The van der Waals surface area contributed by atoms with Crippen LogP contribution in [0.4, 0.5) is 5.69 Å². The second-order valence-electron chi connectivity index (χ2n) is 12.8. The van der Waals surface area contributed by atoms with E-state index in [1.807, 2.05) is 0 Å². The van der Waals surface area contributed by atoms with Crippen molar-refractivity contribution in [1.82, 2.24) is 0 Å². The Kier molecular flexibility index (Phi) is 9.02. The Hall–Kier alpha value is -3.52. The Labute approximate surface area is 249 Å². The fourth-order valence-corrected chi connectivity index (χ4v) is 6.49. The summed E-state index contributed by atoms with van der Waals surface area (Å²) < 4.78 is 6.61. The lowest BCUT2D eigenvalue weighted by Crippen LogP contribution is -2.27. The smallest absolute Gasteiger partial charge is 0.129 e. The predicted octanol–water partition coefficient (Wildman–Crippen LogP) is 10.6. The van der Waals surface area contributed by atoms with Crippen LogP contribution in [0.15, 0.2) is 60.7 Å². The van der Waals surface area contributed by atoms with Gasteiger partial charge in [-0.15, -0.1) is 0 Å². The highest BCUT2D eigenvalue weighted by Gasteiger charge is 2.28. The lowest BCUT2D eigenvalue weighted by molar-refractivity contribution is 0.107. The van der Waals surface area contributed by atoms with Crippen LogP contribution in [0.25, 0.3) is 22.3 Å². The number of ether oxygens (including phenoxy) is 1. The van der Waals surface area contributed by atoms with Crippen LogP contribution in [0, 0.1) is 40.5 Å². The Morgan fingerprint density at radius 3 is 1.83 bits per heavy atom. The molecule has 2 N–H and O–H groups in total. The molecule has 0 saturated heterocycles. The van der Waals surface area contributed by atoms with Crippen LogP contribution in [0.2, 0.25) is 0 Å². The van der Waals surface area contributed by atoms with E-state index in [0.29, 0.717) is 0 Å². The van der Waals surface area contributed by atoms with Gasteiger partial charge in [0, 0.05) is 16.8 Å². The molecule has 5 rings (SSSR count). The summed E-state index contributed by atoms with van der Waals surface area (Å²) in [7, 11) is 0. The number of rotatable bonds is 5. The first-order chi connectivity index (χ1) is 19.3. The van der Waals surface area contributed by atoms with Gasteiger partial charge in [-0.2, -0.15) is 0 Å². The third-order valence-corrected chi connectivity index (χ3v) is 8.45. The van der Waals surface area contributed by atoms with E-state index in [9.17, 15) is 0 Å². The van der Waals surface area contributed by atoms with Crippen molar-refractivity contribution in [3.8, 4) is 28.0 Å². The quantitative estimate of drug-likeness (QED) is 0.252. The third-order valence-electron chi connectivity index (χ3n) is 8.45. The number of fused-ring (bicyclic) bond motifs is 1. The molecule has 41 heavy (non-hydrogen) atoms. The molecule has 1 atom stereocenters. The molecule has 0 spiro atoms. The molecular weight excluding hydrogens is 498 g/mol. The Bertz CT molecular complexity index is 1510. The van der Waals surface area contributed by atoms with Gasteiger partial charge in [-0.25, -0.2) is 0 Å². The molecule has 2 nitrogen and oxygen atoms in total. The molecule has 0 radical (unpaired) electrons. The molecule has 2 heteroatoms. The van der Waals surface area contributed by atoms with Crippen molar-refractivity contribution in [2.24, 2.45) is 5.92 Å². The van der Waals surface area contributed by atoms with Crippen LogP contribution in [0.1, 0.15) is 85.5 Å². The second kappa shape index (κ2) is 12.1. The zero-order valence-corrected chi connectivity index (χ0v) is 27.0. The van der Waals surface area contributed by atoms with Crippen LogP contribution in [0.3, 0.4) is 0 Å². The summed E-state index contributed by atoms with van der Waals surface area (Å²) in [5.41, 5.74) is 22.1. The number of aryl methyl sites for hydroxylation is 4. The van der Waals surface area contributed by atoms with Crippen molar-refractivity contribution >= 4 is 5.69 Å². The minimum Gasteiger partial charge on any atom is -0.483 e. The zero-order valence-electron chi connectivity index (χ0n) is 27.0. The summed E-state index contributed by atoms with van der Waals surface area (Å²) in [6, 6.07) is 22.2. The molecule has 1 aliphatic carbocycles. The van der Waals surface area contributed by atoms with Crippen molar-refractivity contribution < 1.29 is 4.74 Å². The lowest BCUT2D eigenvalue weighted by Gasteiger charge is -2.31. The van der Waals surface area contributed by atoms with E-state index in [4.69, 9.17) is 10.5 Å². The van der Waals surface area contributed by atoms with Crippen molar-refractivity contribution in [1.29, 1.82) is 0 Å².